The van der Waals surface area contributed by atoms with E-state index in [1.54, 1.807) is 18.0 Å². The minimum absolute atomic E-state index is 0.0969. The van der Waals surface area contributed by atoms with Gasteiger partial charge in [-0.3, -0.25) is 4.72 Å². The average molecular weight is 463 g/mol. The number of aromatic nitrogens is 2. The minimum atomic E-state index is -4.44. The maximum atomic E-state index is 13.3. The van der Waals surface area contributed by atoms with E-state index in [-0.39, 0.29) is 5.56 Å². The van der Waals surface area contributed by atoms with Crippen molar-refractivity contribution in [2.75, 3.05) is 35.6 Å². The van der Waals surface area contributed by atoms with Crippen LogP contribution in [0.3, 0.4) is 0 Å². The lowest BCUT2D eigenvalue weighted by Crippen LogP contribution is -2.28. The Hall–Kier alpha value is -2.56. The molecule has 4 N–H and O–H groups in total. The largest absolute Gasteiger partial charge is 0.416 e. The number of hydrogen-bond acceptors (Lipinski definition) is 7. The van der Waals surface area contributed by atoms with Crippen LogP contribution < -0.4 is 20.7 Å². The summed E-state index contributed by atoms with van der Waals surface area (Å²) in [5.74, 6) is 1.41. The molecule has 1 aliphatic heterocycles. The predicted octanol–water partition coefficient (Wildman–Crippen LogP) is 4.39. The van der Waals surface area contributed by atoms with Crippen molar-refractivity contribution in [3.63, 3.8) is 0 Å². The first-order valence-corrected chi connectivity index (χ1v) is 11.3. The van der Waals surface area contributed by atoms with Crippen LogP contribution in [0.25, 0.3) is 10.8 Å². The van der Waals surface area contributed by atoms with Gasteiger partial charge in [0.05, 0.1) is 11.3 Å². The van der Waals surface area contributed by atoms with Crippen molar-refractivity contribution >= 4 is 34.2 Å². The highest BCUT2D eigenvalue weighted by molar-refractivity contribution is 7.97. The molecule has 2 heterocycles. The lowest BCUT2D eigenvalue weighted by atomic mass is 10.00. The van der Waals surface area contributed by atoms with Crippen LogP contribution in [0, 0.1) is 13.8 Å². The van der Waals surface area contributed by atoms with E-state index in [1.165, 1.54) is 13.0 Å². The van der Waals surface area contributed by atoms with Crippen LogP contribution >= 0.6 is 11.9 Å². The second-order valence-corrected chi connectivity index (χ2v) is 8.72. The summed E-state index contributed by atoms with van der Waals surface area (Å²) in [6, 6.07) is 10.1. The number of nitrogens with one attached hydrogen (secondary N) is 2. The Morgan fingerprint density at radius 2 is 1.94 bits per heavy atom. The molecule has 0 unspecified atom stereocenters. The molecule has 1 atom stereocenters. The molecule has 1 aliphatic rings. The molecule has 2 aromatic carbocycles. The Labute approximate surface area is 188 Å². The fourth-order valence-corrected chi connectivity index (χ4v) is 4.64. The van der Waals surface area contributed by atoms with E-state index in [0.29, 0.717) is 11.4 Å². The molecule has 0 radical (unpaired) electrons. The van der Waals surface area contributed by atoms with Crippen LogP contribution in [0.4, 0.5) is 24.7 Å². The summed E-state index contributed by atoms with van der Waals surface area (Å²) in [5.41, 5.74) is 7.90. The highest BCUT2D eigenvalue weighted by Crippen LogP contribution is 2.35. The van der Waals surface area contributed by atoms with Crippen molar-refractivity contribution in [3.05, 3.63) is 58.8 Å². The lowest BCUT2D eigenvalue weighted by Gasteiger charge is -2.24. The zero-order chi connectivity index (χ0) is 22.9. The second kappa shape index (κ2) is 9.13. The third kappa shape index (κ3) is 4.62. The zero-order valence-electron chi connectivity index (χ0n) is 17.8. The molecule has 32 heavy (non-hydrogen) atoms. The van der Waals surface area contributed by atoms with Crippen LogP contribution in [0.1, 0.15) is 28.6 Å². The highest BCUT2D eigenvalue weighted by atomic mass is 32.2. The Balaban J connectivity index is 1.70. The first kappa shape index (κ1) is 22.6. The Kier molecular flexibility index (Phi) is 6.45. The van der Waals surface area contributed by atoms with E-state index in [9.17, 15) is 13.2 Å². The van der Waals surface area contributed by atoms with Crippen LogP contribution in [-0.4, -0.2) is 35.6 Å². The third-order valence-corrected chi connectivity index (χ3v) is 6.47. The second-order valence-electron chi connectivity index (χ2n) is 7.73. The smallest absolute Gasteiger partial charge is 0.369 e. The van der Waals surface area contributed by atoms with Gasteiger partial charge in [-0.25, -0.2) is 0 Å². The molecule has 0 saturated carbocycles. The van der Waals surface area contributed by atoms with Crippen LogP contribution in [0.5, 0.6) is 0 Å². The molecule has 1 fully saturated rings. The number of aryl methyl sites for hydroxylation is 1. The van der Waals surface area contributed by atoms with Gasteiger partial charge in [-0.05, 0) is 43.2 Å². The number of alkyl halides is 3. The molecule has 1 saturated heterocycles. The lowest BCUT2D eigenvalue weighted by molar-refractivity contribution is -0.138. The number of anilines is 2. The topological polar surface area (TPSA) is 79.1 Å². The van der Waals surface area contributed by atoms with Crippen LogP contribution in [0.2, 0.25) is 0 Å². The fourth-order valence-electron chi connectivity index (χ4n) is 3.95. The molecule has 0 amide bonds. The van der Waals surface area contributed by atoms with E-state index >= 15 is 0 Å². The number of nitrogens with two attached hydrogens (primary N) is 1. The quantitative estimate of drug-likeness (QED) is 0.392. The average Bonchev–Trinajstić information content (AvgIpc) is 3.04. The Morgan fingerprint density at radius 3 is 2.72 bits per heavy atom. The van der Waals surface area contributed by atoms with Crippen LogP contribution in [-0.2, 0) is 6.18 Å². The molecule has 0 aliphatic carbocycles. The molecule has 6 nitrogen and oxygen atoms in total. The fraction of sp³-hybridized carbons (Fsp3) is 0.364. The number of benzene rings is 2. The summed E-state index contributed by atoms with van der Waals surface area (Å²) in [7, 11) is 0. The number of fused-ring (bicyclic) bond motifs is 1. The zero-order valence-corrected chi connectivity index (χ0v) is 18.6. The maximum Gasteiger partial charge on any atom is 0.416 e. The summed E-state index contributed by atoms with van der Waals surface area (Å²) in [4.78, 5) is 2.29. The van der Waals surface area contributed by atoms with E-state index in [2.05, 4.69) is 31.2 Å². The van der Waals surface area contributed by atoms with Crippen molar-refractivity contribution in [1.29, 1.82) is 0 Å². The summed E-state index contributed by atoms with van der Waals surface area (Å²) >= 11 is 1.71. The molecule has 0 spiro atoms. The highest BCUT2D eigenvalue weighted by Gasteiger charge is 2.33. The minimum Gasteiger partial charge on any atom is -0.369 e. The van der Waals surface area contributed by atoms with Gasteiger partial charge in [0.15, 0.2) is 5.82 Å². The van der Waals surface area contributed by atoms with Gasteiger partial charge < -0.3 is 16.0 Å². The molecule has 0 bridgehead atoms. The summed E-state index contributed by atoms with van der Waals surface area (Å²) in [6.07, 6.45) is -5.31. The van der Waals surface area contributed by atoms with Crippen molar-refractivity contribution in [3.8, 4) is 0 Å². The van der Waals surface area contributed by atoms with E-state index in [0.717, 1.165) is 53.6 Å². The standard InChI is InChI=1S/C22H25F3N6S/c1-13-16(4-3-5-19(13)22(23,24)25)20(26)28-21-18-12-15(31-9-8-27-32-11-10-31)6-7-17(18)14(2)29-30-21/h3-7,12,20,27H,8-11,26H2,1-2H3,(H,28,30)/t20-/m0/s1. The number of halogens is 3. The van der Waals surface area contributed by atoms with E-state index < -0.39 is 17.9 Å². The van der Waals surface area contributed by atoms with E-state index in [4.69, 9.17) is 5.73 Å². The van der Waals surface area contributed by atoms with Gasteiger partial charge in [0.25, 0.3) is 0 Å². The maximum absolute atomic E-state index is 13.3. The summed E-state index contributed by atoms with van der Waals surface area (Å²) in [5, 5.41) is 13.3. The van der Waals surface area contributed by atoms with Gasteiger partial charge in [-0.1, -0.05) is 30.1 Å². The van der Waals surface area contributed by atoms with Gasteiger partial charge in [0.2, 0.25) is 0 Å². The molecule has 3 aromatic rings. The van der Waals surface area contributed by atoms with Crippen LogP contribution in [0.15, 0.2) is 36.4 Å². The molecule has 170 valence electrons. The monoisotopic (exact) mass is 462 g/mol. The first-order chi connectivity index (χ1) is 15.3. The van der Waals surface area contributed by atoms with Gasteiger partial charge in [-0.15, -0.1) is 5.10 Å². The van der Waals surface area contributed by atoms with Crippen molar-refractivity contribution in [2.45, 2.75) is 26.2 Å². The van der Waals surface area contributed by atoms with Crippen molar-refractivity contribution in [2.24, 2.45) is 5.73 Å². The number of nitrogens with zero attached hydrogens (tertiary/aromatic N) is 3. The SMILES string of the molecule is Cc1c([C@@H](N)Nc2nnc(C)c3ccc(N4CCNSCC4)cc23)cccc1C(F)(F)F. The van der Waals surface area contributed by atoms with E-state index in [1.807, 2.05) is 19.1 Å². The Bertz CT molecular complexity index is 1110. The molecule has 1 aromatic heterocycles. The summed E-state index contributed by atoms with van der Waals surface area (Å²) in [6.45, 7) is 5.97. The number of hydrogen-bond donors (Lipinski definition) is 3. The summed E-state index contributed by atoms with van der Waals surface area (Å²) < 4.78 is 43.3. The van der Waals surface area contributed by atoms with Crippen molar-refractivity contribution < 1.29 is 13.2 Å². The molecular formula is C22H25F3N6S. The Morgan fingerprint density at radius 1 is 1.12 bits per heavy atom. The first-order valence-electron chi connectivity index (χ1n) is 10.3. The number of rotatable bonds is 4. The van der Waals surface area contributed by atoms with Crippen molar-refractivity contribution in [1.82, 2.24) is 14.9 Å². The molecular weight excluding hydrogens is 437 g/mol. The van der Waals surface area contributed by atoms with Gasteiger partial charge in [0, 0.05) is 41.8 Å². The molecule has 4 rings (SSSR count). The normalized spacial score (nSPS) is 16.1. The molecule has 10 heteroatoms. The van der Waals surface area contributed by atoms with Gasteiger partial charge >= 0.3 is 6.18 Å². The van der Waals surface area contributed by atoms with Gasteiger partial charge in [-0.2, -0.15) is 18.3 Å². The van der Waals surface area contributed by atoms with Gasteiger partial charge in [0.1, 0.15) is 6.17 Å². The third-order valence-electron chi connectivity index (χ3n) is 5.67. The predicted molar refractivity (Wildman–Crippen MR) is 124 cm³/mol.